The van der Waals surface area contributed by atoms with E-state index in [9.17, 15) is 0 Å². The number of ether oxygens (including phenoxy) is 2. The zero-order valence-electron chi connectivity index (χ0n) is 10.5. The standard InChI is InChI=1S/C12H24N2O2/c1-14-6-3-4-11(8-14)13-9-12(15-2)5-7-16-10-12/h11,13H,3-10H2,1-2H3. The predicted molar refractivity (Wildman–Crippen MR) is 63.7 cm³/mol. The average molecular weight is 228 g/mol. The number of likely N-dealkylation sites (tertiary alicyclic amines) is 1. The second-order valence-electron chi connectivity index (χ2n) is 5.17. The molecule has 0 spiro atoms. The van der Waals surface area contributed by atoms with E-state index in [0.29, 0.717) is 6.04 Å². The summed E-state index contributed by atoms with van der Waals surface area (Å²) in [6, 6.07) is 0.617. The van der Waals surface area contributed by atoms with E-state index in [0.717, 1.165) is 32.7 Å². The topological polar surface area (TPSA) is 33.7 Å². The molecule has 0 amide bonds. The Balaban J connectivity index is 1.77. The summed E-state index contributed by atoms with van der Waals surface area (Å²) >= 11 is 0. The Morgan fingerprint density at radius 2 is 2.44 bits per heavy atom. The summed E-state index contributed by atoms with van der Waals surface area (Å²) in [6.07, 6.45) is 3.59. The molecule has 2 saturated heterocycles. The molecule has 16 heavy (non-hydrogen) atoms. The molecular formula is C12H24N2O2. The van der Waals surface area contributed by atoms with Crippen LogP contribution >= 0.6 is 0 Å². The molecule has 0 bridgehead atoms. The van der Waals surface area contributed by atoms with E-state index in [4.69, 9.17) is 9.47 Å². The first-order valence-electron chi connectivity index (χ1n) is 6.29. The highest BCUT2D eigenvalue weighted by Gasteiger charge is 2.35. The maximum atomic E-state index is 5.62. The van der Waals surface area contributed by atoms with Gasteiger partial charge in [0.15, 0.2) is 0 Å². The molecule has 0 saturated carbocycles. The van der Waals surface area contributed by atoms with Crippen LogP contribution in [-0.4, -0.2) is 63.5 Å². The van der Waals surface area contributed by atoms with Gasteiger partial charge >= 0.3 is 0 Å². The molecule has 2 heterocycles. The van der Waals surface area contributed by atoms with Crippen molar-refractivity contribution in [2.75, 3.05) is 47.0 Å². The smallest absolute Gasteiger partial charge is 0.106 e. The molecule has 2 unspecified atom stereocenters. The van der Waals surface area contributed by atoms with E-state index in [1.54, 1.807) is 7.11 Å². The number of likely N-dealkylation sites (N-methyl/N-ethyl adjacent to an activating group) is 1. The molecule has 1 N–H and O–H groups in total. The van der Waals surface area contributed by atoms with Crippen LogP contribution in [0.2, 0.25) is 0 Å². The average Bonchev–Trinajstić information content (AvgIpc) is 2.76. The SMILES string of the molecule is COC1(CNC2CCCN(C)C2)CCOC1. The van der Waals surface area contributed by atoms with Gasteiger partial charge in [-0.05, 0) is 26.4 Å². The van der Waals surface area contributed by atoms with Crippen molar-refractivity contribution in [3.8, 4) is 0 Å². The van der Waals surface area contributed by atoms with Crippen LogP contribution in [0.5, 0.6) is 0 Å². The van der Waals surface area contributed by atoms with Gasteiger partial charge in [0.1, 0.15) is 5.60 Å². The highest BCUT2D eigenvalue weighted by atomic mass is 16.5. The Kier molecular flexibility index (Phi) is 4.19. The first-order valence-corrected chi connectivity index (χ1v) is 6.29. The van der Waals surface area contributed by atoms with Crippen molar-refractivity contribution in [3.05, 3.63) is 0 Å². The molecule has 4 heteroatoms. The van der Waals surface area contributed by atoms with Crippen LogP contribution in [0.3, 0.4) is 0 Å². The molecule has 4 nitrogen and oxygen atoms in total. The van der Waals surface area contributed by atoms with Crippen LogP contribution in [0.4, 0.5) is 0 Å². The summed E-state index contributed by atoms with van der Waals surface area (Å²) in [5.41, 5.74) is -0.0734. The molecule has 94 valence electrons. The largest absolute Gasteiger partial charge is 0.378 e. The summed E-state index contributed by atoms with van der Waals surface area (Å²) < 4.78 is 11.1. The van der Waals surface area contributed by atoms with E-state index >= 15 is 0 Å². The molecular weight excluding hydrogens is 204 g/mol. The van der Waals surface area contributed by atoms with Gasteiger partial charge in [-0.2, -0.15) is 0 Å². The Morgan fingerprint density at radius 3 is 3.06 bits per heavy atom. The van der Waals surface area contributed by atoms with Gasteiger partial charge in [0.05, 0.1) is 6.61 Å². The number of methoxy groups -OCH3 is 1. The number of nitrogens with zero attached hydrogens (tertiary/aromatic N) is 1. The Labute approximate surface area is 98.3 Å². The predicted octanol–water partition coefficient (Wildman–Crippen LogP) is 0.476. The number of piperidine rings is 1. The van der Waals surface area contributed by atoms with Crippen LogP contribution in [0, 0.1) is 0 Å². The van der Waals surface area contributed by atoms with Crippen LogP contribution in [0.15, 0.2) is 0 Å². The minimum absolute atomic E-state index is 0.0734. The quantitative estimate of drug-likeness (QED) is 0.758. The minimum Gasteiger partial charge on any atom is -0.378 e. The van der Waals surface area contributed by atoms with E-state index in [1.165, 1.54) is 19.4 Å². The third-order valence-corrected chi connectivity index (χ3v) is 3.84. The third kappa shape index (κ3) is 2.94. The van der Waals surface area contributed by atoms with Crippen molar-refractivity contribution >= 4 is 0 Å². The molecule has 2 aliphatic rings. The maximum Gasteiger partial charge on any atom is 0.106 e. The first-order chi connectivity index (χ1) is 7.74. The summed E-state index contributed by atoms with van der Waals surface area (Å²) in [5.74, 6) is 0. The molecule has 0 aliphatic carbocycles. The third-order valence-electron chi connectivity index (χ3n) is 3.84. The van der Waals surface area contributed by atoms with E-state index in [2.05, 4.69) is 17.3 Å². The Hall–Kier alpha value is -0.160. The fourth-order valence-corrected chi connectivity index (χ4v) is 2.62. The lowest BCUT2D eigenvalue weighted by atomic mass is 10.0. The van der Waals surface area contributed by atoms with Crippen molar-refractivity contribution in [1.82, 2.24) is 10.2 Å². The van der Waals surface area contributed by atoms with E-state index in [1.807, 2.05) is 0 Å². The molecule has 2 rings (SSSR count). The highest BCUT2D eigenvalue weighted by molar-refractivity contribution is 4.89. The number of rotatable bonds is 4. The molecule has 0 aromatic heterocycles. The second kappa shape index (κ2) is 5.45. The van der Waals surface area contributed by atoms with Crippen LogP contribution in [0.1, 0.15) is 19.3 Å². The fraction of sp³-hybridized carbons (Fsp3) is 1.00. The minimum atomic E-state index is -0.0734. The lowest BCUT2D eigenvalue weighted by Crippen LogP contribution is -2.51. The number of nitrogens with one attached hydrogen (secondary N) is 1. The molecule has 2 aliphatic heterocycles. The first kappa shape index (κ1) is 12.3. The van der Waals surface area contributed by atoms with Gasteiger partial charge in [-0.1, -0.05) is 0 Å². The summed E-state index contributed by atoms with van der Waals surface area (Å²) in [6.45, 7) is 4.87. The van der Waals surface area contributed by atoms with Crippen LogP contribution in [-0.2, 0) is 9.47 Å². The fourth-order valence-electron chi connectivity index (χ4n) is 2.62. The van der Waals surface area contributed by atoms with Crippen molar-refractivity contribution in [1.29, 1.82) is 0 Å². The van der Waals surface area contributed by atoms with Crippen molar-refractivity contribution in [2.24, 2.45) is 0 Å². The zero-order chi connectivity index (χ0) is 11.4. The van der Waals surface area contributed by atoms with Crippen molar-refractivity contribution < 1.29 is 9.47 Å². The number of hydrogen-bond acceptors (Lipinski definition) is 4. The molecule has 0 aromatic carbocycles. The highest BCUT2D eigenvalue weighted by Crippen LogP contribution is 2.22. The summed E-state index contributed by atoms with van der Waals surface area (Å²) in [5, 5.41) is 3.64. The van der Waals surface area contributed by atoms with Gasteiger partial charge in [-0.3, -0.25) is 0 Å². The number of hydrogen-bond donors (Lipinski definition) is 1. The van der Waals surface area contributed by atoms with Gasteiger partial charge < -0.3 is 19.7 Å². The van der Waals surface area contributed by atoms with E-state index in [-0.39, 0.29) is 5.60 Å². The lowest BCUT2D eigenvalue weighted by molar-refractivity contribution is -0.0188. The zero-order valence-corrected chi connectivity index (χ0v) is 10.5. The van der Waals surface area contributed by atoms with Crippen LogP contribution in [0.25, 0.3) is 0 Å². The van der Waals surface area contributed by atoms with Gasteiger partial charge in [-0.15, -0.1) is 0 Å². The molecule has 2 fully saturated rings. The Morgan fingerprint density at radius 1 is 1.56 bits per heavy atom. The summed E-state index contributed by atoms with van der Waals surface area (Å²) in [4.78, 5) is 2.39. The molecule has 0 radical (unpaired) electrons. The maximum absolute atomic E-state index is 5.62. The van der Waals surface area contributed by atoms with Crippen molar-refractivity contribution in [3.63, 3.8) is 0 Å². The van der Waals surface area contributed by atoms with Gasteiger partial charge in [0.25, 0.3) is 0 Å². The normalized spacial score (nSPS) is 36.8. The van der Waals surface area contributed by atoms with Gasteiger partial charge in [0, 0.05) is 39.3 Å². The molecule has 2 atom stereocenters. The van der Waals surface area contributed by atoms with Crippen LogP contribution < -0.4 is 5.32 Å². The van der Waals surface area contributed by atoms with Crippen molar-refractivity contribution in [2.45, 2.75) is 30.9 Å². The second-order valence-corrected chi connectivity index (χ2v) is 5.17. The monoisotopic (exact) mass is 228 g/mol. The van der Waals surface area contributed by atoms with Gasteiger partial charge in [-0.25, -0.2) is 0 Å². The molecule has 0 aromatic rings. The van der Waals surface area contributed by atoms with E-state index < -0.39 is 0 Å². The van der Waals surface area contributed by atoms with Gasteiger partial charge in [0.2, 0.25) is 0 Å². The lowest BCUT2D eigenvalue weighted by Gasteiger charge is -2.34. The summed E-state index contributed by atoms with van der Waals surface area (Å²) in [7, 11) is 3.99. The Bertz CT molecular complexity index is 217.